The molecule has 9 nitrogen and oxygen atoms in total. The molecule has 3 rings (SSSR count). The Labute approximate surface area is 191 Å². The van der Waals surface area contributed by atoms with Gasteiger partial charge in [0, 0.05) is 42.7 Å². The maximum Gasteiger partial charge on any atom is 0.410 e. The Morgan fingerprint density at radius 2 is 1.91 bits per heavy atom. The number of fused-ring (bicyclic) bond motifs is 1. The summed E-state index contributed by atoms with van der Waals surface area (Å²) in [6.45, 7) is 7.62. The molecule has 0 aliphatic carbocycles. The predicted molar refractivity (Wildman–Crippen MR) is 119 cm³/mol. The summed E-state index contributed by atoms with van der Waals surface area (Å²) in [4.78, 5) is 52.7. The van der Waals surface area contributed by atoms with Gasteiger partial charge in [-0.25, -0.2) is 9.59 Å². The summed E-state index contributed by atoms with van der Waals surface area (Å²) in [7, 11) is 1.53. The van der Waals surface area contributed by atoms with Crippen LogP contribution < -0.4 is 5.32 Å². The van der Waals surface area contributed by atoms with Crippen LogP contribution in [0.2, 0.25) is 0 Å². The number of amides is 3. The molecule has 0 aromatic carbocycles. The molecule has 2 fully saturated rings. The second-order valence-corrected chi connectivity index (χ2v) is 8.91. The quantitative estimate of drug-likeness (QED) is 0.241. The first-order valence-corrected chi connectivity index (χ1v) is 11.2. The van der Waals surface area contributed by atoms with Crippen LogP contribution in [-0.4, -0.2) is 77.8 Å². The zero-order valence-corrected chi connectivity index (χ0v) is 18.8. The fourth-order valence-corrected chi connectivity index (χ4v) is 5.43. The van der Waals surface area contributed by atoms with E-state index in [1.54, 1.807) is 11.0 Å². The number of esters is 1. The molecule has 32 heavy (non-hydrogen) atoms. The van der Waals surface area contributed by atoms with Crippen LogP contribution in [0.3, 0.4) is 0 Å². The summed E-state index contributed by atoms with van der Waals surface area (Å²) in [5.41, 5.74) is 0.295. The molecule has 3 atom stereocenters. The zero-order chi connectivity index (χ0) is 23.3. The number of hydrogen-bond donors (Lipinski definition) is 1. The SMILES string of the molecule is C=CCOC(=O)C1=C(S[C@H]2C[C@@H](C=CC(=O)NC)N(C(=O)OCC=C)C2)C[C@H]2CC(=O)N12. The Morgan fingerprint density at radius 3 is 2.56 bits per heavy atom. The van der Waals surface area contributed by atoms with Crippen LogP contribution in [0.1, 0.15) is 19.3 Å². The molecular weight excluding hydrogens is 434 g/mol. The summed E-state index contributed by atoms with van der Waals surface area (Å²) in [6, 6.07) is -0.353. The predicted octanol–water partition coefficient (Wildman–Crippen LogP) is 1.73. The highest BCUT2D eigenvalue weighted by Gasteiger charge is 2.49. The average Bonchev–Trinajstić information content (AvgIpc) is 3.32. The number of carbonyl (C=O) groups is 4. The van der Waals surface area contributed by atoms with Gasteiger partial charge in [-0.3, -0.25) is 9.59 Å². The van der Waals surface area contributed by atoms with E-state index in [1.165, 1.54) is 41.9 Å². The van der Waals surface area contributed by atoms with Gasteiger partial charge < -0.3 is 24.6 Å². The minimum atomic E-state index is -0.542. The highest BCUT2D eigenvalue weighted by Crippen LogP contribution is 2.46. The molecule has 1 N–H and O–H groups in total. The first kappa shape index (κ1) is 23.6. The Bertz CT molecular complexity index is 883. The summed E-state index contributed by atoms with van der Waals surface area (Å²) in [6.07, 6.45) is 7.10. The van der Waals surface area contributed by atoms with E-state index in [0.717, 1.165) is 4.91 Å². The Hall–Kier alpha value is -3.01. The van der Waals surface area contributed by atoms with E-state index in [2.05, 4.69) is 18.5 Å². The molecule has 172 valence electrons. The molecule has 0 aromatic heterocycles. The Morgan fingerprint density at radius 1 is 1.19 bits per heavy atom. The van der Waals surface area contributed by atoms with Crippen molar-refractivity contribution in [3.63, 3.8) is 0 Å². The first-order chi connectivity index (χ1) is 15.4. The van der Waals surface area contributed by atoms with E-state index in [-0.39, 0.29) is 42.4 Å². The van der Waals surface area contributed by atoms with Crippen molar-refractivity contribution >= 4 is 35.6 Å². The lowest BCUT2D eigenvalue weighted by atomic mass is 10.0. The lowest BCUT2D eigenvalue weighted by Gasteiger charge is -2.35. The van der Waals surface area contributed by atoms with E-state index < -0.39 is 12.1 Å². The van der Waals surface area contributed by atoms with E-state index >= 15 is 0 Å². The molecule has 0 aromatic rings. The van der Waals surface area contributed by atoms with Crippen molar-refractivity contribution in [2.24, 2.45) is 0 Å². The standard InChI is InChI=1S/C22H27N3O6S/c1-4-8-30-21(28)20-17(11-15-12-19(27)25(15)20)32-16-10-14(6-7-18(26)23-3)24(13-16)22(29)31-9-5-2/h4-7,14-16H,1-2,8-13H2,3H3,(H,23,26)/t14-,15+,16+/m1/s1. The van der Waals surface area contributed by atoms with Crippen molar-refractivity contribution in [1.82, 2.24) is 15.1 Å². The van der Waals surface area contributed by atoms with Gasteiger partial charge in [-0.05, 0) is 6.42 Å². The number of likely N-dealkylation sites (N-methyl/N-ethyl adjacent to an activating group) is 1. The van der Waals surface area contributed by atoms with Crippen LogP contribution in [0.5, 0.6) is 0 Å². The normalized spacial score (nSPS) is 24.3. The third-order valence-corrected chi connectivity index (χ3v) is 6.70. The molecule has 0 unspecified atom stereocenters. The van der Waals surface area contributed by atoms with Crippen molar-refractivity contribution in [2.75, 3.05) is 26.8 Å². The smallest absolute Gasteiger partial charge is 0.410 e. The van der Waals surface area contributed by atoms with Crippen LogP contribution >= 0.6 is 11.8 Å². The molecule has 0 saturated carbocycles. The van der Waals surface area contributed by atoms with Crippen molar-refractivity contribution < 1.29 is 28.7 Å². The molecule has 3 aliphatic heterocycles. The number of nitrogens with zero attached hydrogens (tertiary/aromatic N) is 2. The van der Waals surface area contributed by atoms with Gasteiger partial charge in [0.15, 0.2) is 0 Å². The molecule has 2 saturated heterocycles. The second-order valence-electron chi connectivity index (χ2n) is 7.52. The minimum Gasteiger partial charge on any atom is -0.457 e. The summed E-state index contributed by atoms with van der Waals surface area (Å²) in [5, 5.41) is 2.47. The highest BCUT2D eigenvalue weighted by atomic mass is 32.2. The topological polar surface area (TPSA) is 105 Å². The fraction of sp³-hybridized carbons (Fsp3) is 0.455. The second kappa shape index (κ2) is 10.5. The Balaban J connectivity index is 1.77. The van der Waals surface area contributed by atoms with Crippen molar-refractivity contribution in [3.8, 4) is 0 Å². The Kier molecular flexibility index (Phi) is 7.79. The van der Waals surface area contributed by atoms with Gasteiger partial charge >= 0.3 is 12.1 Å². The summed E-state index contributed by atoms with van der Waals surface area (Å²) >= 11 is 1.48. The van der Waals surface area contributed by atoms with Gasteiger partial charge in [0.2, 0.25) is 11.8 Å². The summed E-state index contributed by atoms with van der Waals surface area (Å²) < 4.78 is 10.4. The van der Waals surface area contributed by atoms with Crippen LogP contribution in [0.15, 0.2) is 48.1 Å². The number of thioether (sulfide) groups is 1. The third-order valence-electron chi connectivity index (χ3n) is 5.39. The van der Waals surface area contributed by atoms with Gasteiger partial charge in [0.05, 0.1) is 12.1 Å². The maximum absolute atomic E-state index is 12.6. The molecule has 0 spiro atoms. The van der Waals surface area contributed by atoms with Crippen molar-refractivity contribution in [1.29, 1.82) is 0 Å². The lowest BCUT2D eigenvalue weighted by Crippen LogP contribution is -2.49. The molecule has 3 aliphatic rings. The van der Waals surface area contributed by atoms with E-state index in [9.17, 15) is 19.2 Å². The van der Waals surface area contributed by atoms with Gasteiger partial charge in [-0.2, -0.15) is 0 Å². The van der Waals surface area contributed by atoms with Crippen LogP contribution in [0.4, 0.5) is 4.79 Å². The molecule has 3 amide bonds. The fourth-order valence-electron chi connectivity index (χ4n) is 3.92. The first-order valence-electron chi connectivity index (χ1n) is 10.3. The highest BCUT2D eigenvalue weighted by molar-refractivity contribution is 8.03. The number of rotatable bonds is 9. The van der Waals surface area contributed by atoms with Crippen LogP contribution in [0, 0.1) is 0 Å². The minimum absolute atomic E-state index is 0.0183. The monoisotopic (exact) mass is 461 g/mol. The molecule has 0 bridgehead atoms. The average molecular weight is 462 g/mol. The van der Waals surface area contributed by atoms with Crippen molar-refractivity contribution in [2.45, 2.75) is 36.6 Å². The maximum atomic E-state index is 12.6. The van der Waals surface area contributed by atoms with Gasteiger partial charge in [0.1, 0.15) is 18.9 Å². The number of hydrogen-bond acceptors (Lipinski definition) is 7. The zero-order valence-electron chi connectivity index (χ0n) is 18.0. The van der Waals surface area contributed by atoms with Gasteiger partial charge in [0.25, 0.3) is 0 Å². The largest absolute Gasteiger partial charge is 0.457 e. The van der Waals surface area contributed by atoms with Gasteiger partial charge in [-0.1, -0.05) is 31.4 Å². The number of β-lactam (4-membered cyclic amide) rings is 1. The number of likely N-dealkylation sites (tertiary alicyclic amines) is 1. The van der Waals surface area contributed by atoms with Crippen molar-refractivity contribution in [3.05, 3.63) is 48.1 Å². The van der Waals surface area contributed by atoms with Gasteiger partial charge in [-0.15, -0.1) is 11.8 Å². The van der Waals surface area contributed by atoms with Crippen LogP contribution in [-0.2, 0) is 23.9 Å². The third kappa shape index (κ3) is 5.07. The van der Waals surface area contributed by atoms with E-state index in [4.69, 9.17) is 9.47 Å². The molecular formula is C22H27N3O6S. The lowest BCUT2D eigenvalue weighted by molar-refractivity contribution is -0.149. The molecule has 10 heteroatoms. The van der Waals surface area contributed by atoms with Crippen LogP contribution in [0.25, 0.3) is 0 Å². The number of nitrogens with one attached hydrogen (secondary N) is 1. The molecule has 0 radical (unpaired) electrons. The summed E-state index contributed by atoms with van der Waals surface area (Å²) in [5.74, 6) is -0.906. The molecule has 3 heterocycles. The number of ether oxygens (including phenoxy) is 2. The van der Waals surface area contributed by atoms with E-state index in [1.807, 2.05) is 0 Å². The number of carbonyl (C=O) groups excluding carboxylic acids is 4. The van der Waals surface area contributed by atoms with E-state index in [0.29, 0.717) is 31.5 Å².